The van der Waals surface area contributed by atoms with E-state index in [2.05, 4.69) is 16.3 Å². The van der Waals surface area contributed by atoms with Gasteiger partial charge in [0.1, 0.15) is 5.82 Å². The Morgan fingerprint density at radius 3 is 2.86 bits per heavy atom. The van der Waals surface area contributed by atoms with Crippen molar-refractivity contribution in [2.24, 2.45) is 0 Å². The summed E-state index contributed by atoms with van der Waals surface area (Å²) in [6.07, 6.45) is 0. The molecule has 3 aromatic rings. The number of aromatic nitrogens is 3. The molecule has 1 aromatic heterocycles. The third-order valence-electron chi connectivity index (χ3n) is 3.51. The molecule has 0 spiro atoms. The average molecular weight is 310 g/mol. The second kappa shape index (κ2) is 4.96. The van der Waals surface area contributed by atoms with Crippen LogP contribution in [0.5, 0.6) is 0 Å². The summed E-state index contributed by atoms with van der Waals surface area (Å²) in [6, 6.07) is 14.5. The van der Waals surface area contributed by atoms with Gasteiger partial charge in [0.2, 0.25) is 0 Å². The third-order valence-corrected chi connectivity index (χ3v) is 4.57. The summed E-state index contributed by atoms with van der Waals surface area (Å²) in [7, 11) is 0. The van der Waals surface area contributed by atoms with Gasteiger partial charge in [0.05, 0.1) is 16.4 Å². The molecule has 0 unspecified atom stereocenters. The molecular weight excluding hydrogens is 300 g/mol. The van der Waals surface area contributed by atoms with Crippen LogP contribution >= 0.6 is 11.8 Å². The first-order valence-electron chi connectivity index (χ1n) is 6.65. The summed E-state index contributed by atoms with van der Waals surface area (Å²) >= 11 is 1.72. The van der Waals surface area contributed by atoms with Gasteiger partial charge in [-0.3, -0.25) is 14.7 Å². The first-order chi connectivity index (χ1) is 10.7. The molecule has 0 N–H and O–H groups in total. The number of rotatable bonds is 2. The lowest BCUT2D eigenvalue weighted by molar-refractivity contribution is -0.384. The summed E-state index contributed by atoms with van der Waals surface area (Å²) in [5.41, 5.74) is 1.75. The zero-order valence-electron chi connectivity index (χ0n) is 11.3. The molecule has 0 saturated heterocycles. The highest BCUT2D eigenvalue weighted by atomic mass is 32.2. The number of nitro groups is 1. The predicted molar refractivity (Wildman–Crippen MR) is 83.0 cm³/mol. The van der Waals surface area contributed by atoms with E-state index in [1.54, 1.807) is 17.8 Å². The molecule has 4 rings (SSSR count). The van der Waals surface area contributed by atoms with Crippen LogP contribution in [0.25, 0.3) is 17.1 Å². The summed E-state index contributed by atoms with van der Waals surface area (Å²) in [4.78, 5) is 11.7. The van der Waals surface area contributed by atoms with E-state index in [1.165, 1.54) is 12.1 Å². The van der Waals surface area contributed by atoms with Gasteiger partial charge in [0, 0.05) is 22.6 Å². The highest BCUT2D eigenvalue weighted by molar-refractivity contribution is 7.98. The molecule has 0 amide bonds. The summed E-state index contributed by atoms with van der Waals surface area (Å²) in [6.45, 7) is 0. The van der Waals surface area contributed by atoms with Gasteiger partial charge in [-0.15, -0.1) is 22.0 Å². The van der Waals surface area contributed by atoms with Gasteiger partial charge in [-0.05, 0) is 12.1 Å². The topological polar surface area (TPSA) is 73.8 Å². The van der Waals surface area contributed by atoms with Crippen molar-refractivity contribution in [1.82, 2.24) is 14.8 Å². The van der Waals surface area contributed by atoms with E-state index in [0.717, 1.165) is 22.2 Å². The first-order valence-corrected chi connectivity index (χ1v) is 7.64. The molecule has 0 radical (unpaired) electrons. The van der Waals surface area contributed by atoms with Gasteiger partial charge in [-0.1, -0.05) is 24.3 Å². The molecule has 22 heavy (non-hydrogen) atoms. The molecule has 7 heteroatoms. The third kappa shape index (κ3) is 1.98. The number of hydrogen-bond donors (Lipinski definition) is 0. The van der Waals surface area contributed by atoms with E-state index in [-0.39, 0.29) is 5.69 Å². The fourth-order valence-corrected chi connectivity index (χ4v) is 3.47. The highest BCUT2D eigenvalue weighted by Crippen LogP contribution is 2.37. The van der Waals surface area contributed by atoms with Crippen molar-refractivity contribution in [1.29, 1.82) is 0 Å². The summed E-state index contributed by atoms with van der Waals surface area (Å²) < 4.78 is 1.98. The summed E-state index contributed by atoms with van der Waals surface area (Å²) in [5.74, 6) is 2.22. The Morgan fingerprint density at radius 2 is 2.00 bits per heavy atom. The minimum absolute atomic E-state index is 0.0494. The van der Waals surface area contributed by atoms with Crippen molar-refractivity contribution >= 4 is 17.4 Å². The minimum Gasteiger partial charge on any atom is -0.277 e. The van der Waals surface area contributed by atoms with Crippen molar-refractivity contribution in [2.75, 3.05) is 0 Å². The molecule has 0 saturated carbocycles. The van der Waals surface area contributed by atoms with Crippen LogP contribution in [0.2, 0.25) is 0 Å². The second-order valence-corrected chi connectivity index (χ2v) is 5.86. The SMILES string of the molecule is O=[N+]([O-])c1cccc(-c2nnc3n2-c2ccccc2SC3)c1. The fraction of sp³-hybridized carbons (Fsp3) is 0.0667. The number of thioether (sulfide) groups is 1. The molecule has 0 fully saturated rings. The quantitative estimate of drug-likeness (QED) is 0.535. The van der Waals surface area contributed by atoms with E-state index in [0.29, 0.717) is 11.4 Å². The van der Waals surface area contributed by atoms with Gasteiger partial charge in [-0.2, -0.15) is 0 Å². The Bertz CT molecular complexity index is 891. The maximum Gasteiger partial charge on any atom is 0.270 e. The molecule has 1 aliphatic heterocycles. The first kappa shape index (κ1) is 13.0. The largest absolute Gasteiger partial charge is 0.277 e. The van der Waals surface area contributed by atoms with Crippen LogP contribution < -0.4 is 0 Å². The van der Waals surface area contributed by atoms with Gasteiger partial charge in [-0.25, -0.2) is 0 Å². The van der Waals surface area contributed by atoms with Gasteiger partial charge in [0.15, 0.2) is 5.82 Å². The monoisotopic (exact) mass is 310 g/mol. The molecular formula is C15H10N4O2S. The Kier molecular flexibility index (Phi) is 2.93. The normalized spacial score (nSPS) is 12.5. The van der Waals surface area contributed by atoms with Crippen LogP contribution in [0.15, 0.2) is 53.4 Å². The smallest absolute Gasteiger partial charge is 0.270 e. The number of hydrogen-bond acceptors (Lipinski definition) is 5. The lowest BCUT2D eigenvalue weighted by atomic mass is 10.2. The van der Waals surface area contributed by atoms with Crippen LogP contribution in [0, 0.1) is 10.1 Å². The predicted octanol–water partition coefficient (Wildman–Crippen LogP) is 3.45. The Labute approximate surface area is 130 Å². The minimum atomic E-state index is -0.402. The molecule has 108 valence electrons. The van der Waals surface area contributed by atoms with Crippen molar-refractivity contribution < 1.29 is 4.92 Å². The zero-order chi connectivity index (χ0) is 15.1. The number of non-ortho nitro benzene ring substituents is 1. The maximum atomic E-state index is 11.0. The standard InChI is InChI=1S/C15H10N4O2S/c20-19(21)11-5-3-4-10(8-11)15-17-16-14-9-22-13-7-2-1-6-12(13)18(14)15/h1-8H,9H2. The molecule has 0 bridgehead atoms. The lowest BCUT2D eigenvalue weighted by Crippen LogP contribution is -2.07. The molecule has 6 nitrogen and oxygen atoms in total. The van der Waals surface area contributed by atoms with Crippen LogP contribution in [-0.4, -0.2) is 19.7 Å². The van der Waals surface area contributed by atoms with Crippen LogP contribution in [-0.2, 0) is 5.75 Å². The van der Waals surface area contributed by atoms with Crippen LogP contribution in [0.4, 0.5) is 5.69 Å². The van der Waals surface area contributed by atoms with Gasteiger partial charge in [0.25, 0.3) is 5.69 Å². The van der Waals surface area contributed by atoms with E-state index < -0.39 is 4.92 Å². The van der Waals surface area contributed by atoms with Gasteiger partial charge >= 0.3 is 0 Å². The molecule has 0 aliphatic carbocycles. The van der Waals surface area contributed by atoms with Crippen molar-refractivity contribution in [2.45, 2.75) is 10.6 Å². The number of fused-ring (bicyclic) bond motifs is 3. The molecule has 2 heterocycles. The zero-order valence-corrected chi connectivity index (χ0v) is 12.2. The van der Waals surface area contributed by atoms with E-state index in [1.807, 2.05) is 28.8 Å². The Hall–Kier alpha value is -2.67. The van der Waals surface area contributed by atoms with Crippen molar-refractivity contribution in [3.8, 4) is 17.1 Å². The van der Waals surface area contributed by atoms with Crippen molar-refractivity contribution in [3.05, 3.63) is 64.5 Å². The summed E-state index contributed by atoms with van der Waals surface area (Å²) in [5, 5.41) is 19.4. The number of benzene rings is 2. The second-order valence-electron chi connectivity index (χ2n) is 4.84. The van der Waals surface area contributed by atoms with Crippen molar-refractivity contribution in [3.63, 3.8) is 0 Å². The van der Waals surface area contributed by atoms with E-state index >= 15 is 0 Å². The van der Waals surface area contributed by atoms with Crippen LogP contribution in [0.3, 0.4) is 0 Å². The average Bonchev–Trinajstić information content (AvgIpc) is 2.99. The number of nitrogens with zero attached hydrogens (tertiary/aromatic N) is 4. The lowest BCUT2D eigenvalue weighted by Gasteiger charge is -2.18. The van der Waals surface area contributed by atoms with Crippen LogP contribution in [0.1, 0.15) is 5.82 Å². The number of nitro benzene ring substituents is 1. The Morgan fingerprint density at radius 1 is 1.14 bits per heavy atom. The Balaban J connectivity index is 1.92. The highest BCUT2D eigenvalue weighted by Gasteiger charge is 2.23. The van der Waals surface area contributed by atoms with E-state index in [9.17, 15) is 10.1 Å². The fourth-order valence-electron chi connectivity index (χ4n) is 2.51. The molecule has 1 aliphatic rings. The molecule has 2 aromatic carbocycles. The van der Waals surface area contributed by atoms with E-state index in [4.69, 9.17) is 0 Å². The maximum absolute atomic E-state index is 11.0. The molecule has 0 atom stereocenters. The van der Waals surface area contributed by atoms with Gasteiger partial charge < -0.3 is 0 Å². The number of para-hydroxylation sites is 1.